The minimum absolute atomic E-state index is 0.151. The Morgan fingerprint density at radius 3 is 2.74 bits per heavy atom. The molecule has 1 aliphatic heterocycles. The van der Waals surface area contributed by atoms with Crippen molar-refractivity contribution in [2.75, 3.05) is 43.0 Å². The van der Waals surface area contributed by atoms with Gasteiger partial charge in [0, 0.05) is 48.3 Å². The van der Waals surface area contributed by atoms with Crippen molar-refractivity contribution in [3.8, 4) is 5.75 Å². The van der Waals surface area contributed by atoms with Crippen LogP contribution in [0.2, 0.25) is 5.02 Å². The number of aliphatic carboxylic acids is 1. The number of carbonyl (C=O) groups is 2. The standard InChI is InChI=1S/C28H30ClFN4O4/c29-21-17-20(18-23(19-21)38-16-12-32-22-8-10-31-11-9-22)27(35)34(25-6-2-1-5-24(25)30)15-4-14-33-13-3-7-26(33)28(36)37/h1-2,5-6,8-11,17-19,26H,3-4,7,12-16H2,(H,31,32)(H,36,37)/t26-/m1/s1. The lowest BCUT2D eigenvalue weighted by molar-refractivity contribution is -0.142. The highest BCUT2D eigenvalue weighted by molar-refractivity contribution is 6.31. The van der Waals surface area contributed by atoms with Gasteiger partial charge in [0.1, 0.15) is 24.2 Å². The van der Waals surface area contributed by atoms with E-state index in [1.807, 2.05) is 17.0 Å². The Hall–Kier alpha value is -3.69. The summed E-state index contributed by atoms with van der Waals surface area (Å²) in [5, 5.41) is 13.0. The first-order valence-corrected chi connectivity index (χ1v) is 12.9. The van der Waals surface area contributed by atoms with Gasteiger partial charge in [-0.25, -0.2) is 4.39 Å². The van der Waals surface area contributed by atoms with Crippen molar-refractivity contribution in [1.29, 1.82) is 0 Å². The van der Waals surface area contributed by atoms with Crippen molar-refractivity contribution in [3.05, 3.63) is 83.4 Å². The third kappa shape index (κ3) is 7.20. The zero-order valence-electron chi connectivity index (χ0n) is 20.9. The SMILES string of the molecule is O=C(O)[C@H]1CCCN1CCCN(C(=O)c1cc(Cl)cc(OCCNc2ccncc2)c1)c1ccccc1F. The molecule has 0 saturated carbocycles. The summed E-state index contributed by atoms with van der Waals surface area (Å²) in [4.78, 5) is 32.4. The molecule has 200 valence electrons. The maximum Gasteiger partial charge on any atom is 0.320 e. The summed E-state index contributed by atoms with van der Waals surface area (Å²) >= 11 is 6.31. The molecule has 0 spiro atoms. The van der Waals surface area contributed by atoms with Gasteiger partial charge in [0.25, 0.3) is 5.91 Å². The fourth-order valence-electron chi connectivity index (χ4n) is 4.57. The van der Waals surface area contributed by atoms with Gasteiger partial charge in [-0.15, -0.1) is 0 Å². The van der Waals surface area contributed by atoms with Crippen molar-refractivity contribution < 1.29 is 23.8 Å². The first kappa shape index (κ1) is 27.3. The normalized spacial score (nSPS) is 15.3. The number of carbonyl (C=O) groups excluding carboxylic acids is 1. The molecule has 1 amide bonds. The zero-order valence-corrected chi connectivity index (χ0v) is 21.6. The average Bonchev–Trinajstić information content (AvgIpc) is 3.39. The Bertz CT molecular complexity index is 1250. The summed E-state index contributed by atoms with van der Waals surface area (Å²) in [6.07, 6.45) is 5.28. The van der Waals surface area contributed by atoms with Crippen LogP contribution in [0.4, 0.5) is 15.8 Å². The molecule has 2 heterocycles. The highest BCUT2D eigenvalue weighted by Gasteiger charge is 2.30. The number of amides is 1. The van der Waals surface area contributed by atoms with Gasteiger partial charge in [0.2, 0.25) is 0 Å². The molecular weight excluding hydrogens is 511 g/mol. The van der Waals surface area contributed by atoms with Crippen LogP contribution >= 0.6 is 11.6 Å². The molecule has 38 heavy (non-hydrogen) atoms. The van der Waals surface area contributed by atoms with Gasteiger partial charge in [-0.2, -0.15) is 0 Å². The van der Waals surface area contributed by atoms with E-state index in [1.54, 1.807) is 42.7 Å². The molecule has 8 nitrogen and oxygen atoms in total. The Kier molecular flexibility index (Phi) is 9.51. The second-order valence-electron chi connectivity index (χ2n) is 8.98. The monoisotopic (exact) mass is 540 g/mol. The summed E-state index contributed by atoms with van der Waals surface area (Å²) in [6.45, 7) is 2.24. The molecule has 2 aromatic carbocycles. The van der Waals surface area contributed by atoms with E-state index in [-0.39, 0.29) is 17.8 Å². The van der Waals surface area contributed by atoms with E-state index in [1.165, 1.54) is 17.0 Å². The molecule has 1 aromatic heterocycles. The summed E-state index contributed by atoms with van der Waals surface area (Å²) in [6, 6.07) is 14.0. The molecule has 1 atom stereocenters. The fraction of sp³-hybridized carbons (Fsp3) is 0.321. The predicted octanol–water partition coefficient (Wildman–Crippen LogP) is 4.95. The van der Waals surface area contributed by atoms with E-state index < -0.39 is 23.7 Å². The van der Waals surface area contributed by atoms with Crippen LogP contribution in [0.25, 0.3) is 0 Å². The highest BCUT2D eigenvalue weighted by Crippen LogP contribution is 2.26. The fourth-order valence-corrected chi connectivity index (χ4v) is 4.79. The molecule has 3 aromatic rings. The molecule has 1 aliphatic rings. The van der Waals surface area contributed by atoms with E-state index >= 15 is 0 Å². The number of hydrogen-bond donors (Lipinski definition) is 2. The first-order valence-electron chi connectivity index (χ1n) is 12.5. The Morgan fingerprint density at radius 2 is 1.97 bits per heavy atom. The van der Waals surface area contributed by atoms with E-state index in [0.29, 0.717) is 49.9 Å². The number of anilines is 2. The largest absolute Gasteiger partial charge is 0.492 e. The average molecular weight is 541 g/mol. The number of hydrogen-bond acceptors (Lipinski definition) is 6. The Morgan fingerprint density at radius 1 is 1.18 bits per heavy atom. The second-order valence-corrected chi connectivity index (χ2v) is 9.42. The number of halogens is 2. The van der Waals surface area contributed by atoms with Crippen LogP contribution in [-0.4, -0.2) is 65.7 Å². The van der Waals surface area contributed by atoms with Crippen LogP contribution in [-0.2, 0) is 4.79 Å². The van der Waals surface area contributed by atoms with Crippen molar-refractivity contribution in [3.63, 3.8) is 0 Å². The third-order valence-corrected chi connectivity index (χ3v) is 6.58. The molecule has 10 heteroatoms. The van der Waals surface area contributed by atoms with E-state index in [9.17, 15) is 19.1 Å². The summed E-state index contributed by atoms with van der Waals surface area (Å²) in [5.74, 6) is -1.36. The van der Waals surface area contributed by atoms with Crippen LogP contribution in [0.1, 0.15) is 29.6 Å². The summed E-state index contributed by atoms with van der Waals surface area (Å²) in [7, 11) is 0. The number of rotatable bonds is 12. The Balaban J connectivity index is 1.45. The predicted molar refractivity (Wildman–Crippen MR) is 145 cm³/mol. The van der Waals surface area contributed by atoms with Crippen LogP contribution in [0.15, 0.2) is 67.0 Å². The number of carboxylic acids is 1. The number of pyridine rings is 1. The van der Waals surface area contributed by atoms with Gasteiger partial charge in [-0.1, -0.05) is 23.7 Å². The topological polar surface area (TPSA) is 95.0 Å². The molecule has 0 bridgehead atoms. The van der Waals surface area contributed by atoms with E-state index in [0.717, 1.165) is 12.1 Å². The number of carboxylic acid groups (broad SMARTS) is 1. The summed E-state index contributed by atoms with van der Waals surface area (Å²) < 4.78 is 20.6. The maximum atomic E-state index is 14.8. The van der Waals surface area contributed by atoms with Crippen LogP contribution in [0.5, 0.6) is 5.75 Å². The quantitative estimate of drug-likeness (QED) is 0.314. The molecule has 4 rings (SSSR count). The van der Waals surface area contributed by atoms with Gasteiger partial charge < -0.3 is 20.1 Å². The molecule has 1 fully saturated rings. The lowest BCUT2D eigenvalue weighted by atomic mass is 10.1. The number of likely N-dealkylation sites (tertiary alicyclic amines) is 1. The highest BCUT2D eigenvalue weighted by atomic mass is 35.5. The number of benzene rings is 2. The zero-order chi connectivity index (χ0) is 26.9. The van der Waals surface area contributed by atoms with Gasteiger partial charge >= 0.3 is 5.97 Å². The molecule has 0 aliphatic carbocycles. The molecular formula is C28H30ClFN4O4. The smallest absolute Gasteiger partial charge is 0.320 e. The van der Waals surface area contributed by atoms with Gasteiger partial charge in [-0.3, -0.25) is 19.5 Å². The summed E-state index contributed by atoms with van der Waals surface area (Å²) in [5.41, 5.74) is 1.33. The lowest BCUT2D eigenvalue weighted by Gasteiger charge is -2.26. The molecule has 0 unspecified atom stereocenters. The molecule has 2 N–H and O–H groups in total. The van der Waals surface area contributed by atoms with E-state index in [4.69, 9.17) is 16.3 Å². The second kappa shape index (κ2) is 13.2. The van der Waals surface area contributed by atoms with Gasteiger partial charge in [0.05, 0.1) is 5.69 Å². The Labute approximate surface area is 226 Å². The van der Waals surface area contributed by atoms with E-state index in [2.05, 4.69) is 10.3 Å². The van der Waals surface area contributed by atoms with Crippen LogP contribution in [0, 0.1) is 5.82 Å². The molecule has 1 saturated heterocycles. The lowest BCUT2D eigenvalue weighted by Crippen LogP contribution is -2.39. The van der Waals surface area contributed by atoms with Crippen molar-refractivity contribution >= 4 is 34.9 Å². The molecule has 0 radical (unpaired) electrons. The van der Waals surface area contributed by atoms with Crippen molar-refractivity contribution in [2.24, 2.45) is 0 Å². The van der Waals surface area contributed by atoms with Gasteiger partial charge in [-0.05, 0) is 68.3 Å². The number of para-hydroxylation sites is 1. The first-order chi connectivity index (χ1) is 18.4. The van der Waals surface area contributed by atoms with Gasteiger partial charge in [0.15, 0.2) is 0 Å². The number of nitrogens with one attached hydrogen (secondary N) is 1. The maximum absolute atomic E-state index is 14.8. The number of aromatic nitrogens is 1. The van der Waals surface area contributed by atoms with Crippen molar-refractivity contribution in [2.45, 2.75) is 25.3 Å². The van der Waals surface area contributed by atoms with Crippen molar-refractivity contribution in [1.82, 2.24) is 9.88 Å². The van der Waals surface area contributed by atoms with Crippen LogP contribution < -0.4 is 15.0 Å². The minimum Gasteiger partial charge on any atom is -0.492 e. The number of nitrogens with zero attached hydrogens (tertiary/aromatic N) is 3. The number of ether oxygens (including phenoxy) is 1. The third-order valence-electron chi connectivity index (χ3n) is 6.36. The minimum atomic E-state index is -0.841. The van der Waals surface area contributed by atoms with Crippen LogP contribution in [0.3, 0.4) is 0 Å².